The van der Waals surface area contributed by atoms with E-state index in [4.69, 9.17) is 4.84 Å². The van der Waals surface area contributed by atoms with Gasteiger partial charge in [-0.1, -0.05) is 17.7 Å². The van der Waals surface area contributed by atoms with Crippen LogP contribution in [0.5, 0.6) is 0 Å². The summed E-state index contributed by atoms with van der Waals surface area (Å²) < 4.78 is 25.7. The second-order valence-electron chi connectivity index (χ2n) is 6.47. The maximum atomic E-state index is 12.3. The van der Waals surface area contributed by atoms with Crippen molar-refractivity contribution in [2.45, 2.75) is 30.6 Å². The number of carbonyl (C=O) groups excluding carboxylic acids is 1. The molecule has 1 fully saturated rings. The van der Waals surface area contributed by atoms with E-state index in [0.29, 0.717) is 11.0 Å². The Morgan fingerprint density at radius 2 is 1.88 bits per heavy atom. The van der Waals surface area contributed by atoms with Gasteiger partial charge < -0.3 is 9.74 Å². The maximum absolute atomic E-state index is 12.3. The highest BCUT2D eigenvalue weighted by atomic mass is 32.2. The minimum absolute atomic E-state index is 0.104. The zero-order chi connectivity index (χ0) is 18.7. The highest BCUT2D eigenvalue weighted by Gasteiger charge is 2.20. The zero-order valence-corrected chi connectivity index (χ0v) is 15.8. The number of hydrogen-bond acceptors (Lipinski definition) is 6. The Balaban J connectivity index is 1.77. The SMILES string of the molecule is CN(C)S(=O)(=O)c1ccc2nnn(OCC(=O)N3CCCCCC3)c2c1. The van der Waals surface area contributed by atoms with Crippen LogP contribution >= 0.6 is 0 Å². The fourth-order valence-corrected chi connectivity index (χ4v) is 3.79. The van der Waals surface area contributed by atoms with E-state index in [1.807, 2.05) is 0 Å². The molecule has 2 aromatic rings. The molecule has 1 aliphatic rings. The molecule has 142 valence electrons. The van der Waals surface area contributed by atoms with Gasteiger partial charge in [0.1, 0.15) is 11.0 Å². The number of carbonyl (C=O) groups is 1. The van der Waals surface area contributed by atoms with Crippen molar-refractivity contribution < 1.29 is 18.0 Å². The number of amides is 1. The van der Waals surface area contributed by atoms with Gasteiger partial charge in [-0.25, -0.2) is 12.7 Å². The molecule has 0 aliphatic carbocycles. The third-order valence-corrected chi connectivity index (χ3v) is 6.25. The molecule has 3 rings (SSSR count). The fourth-order valence-electron chi connectivity index (χ4n) is 2.87. The first kappa shape index (κ1) is 18.6. The van der Waals surface area contributed by atoms with E-state index in [1.54, 1.807) is 11.0 Å². The Morgan fingerprint density at radius 1 is 1.19 bits per heavy atom. The first-order valence-corrected chi connectivity index (χ1v) is 10.0. The number of likely N-dealkylation sites (tertiary alicyclic amines) is 1. The molecule has 0 bridgehead atoms. The van der Waals surface area contributed by atoms with E-state index in [1.165, 1.54) is 26.2 Å². The molecule has 0 atom stereocenters. The van der Waals surface area contributed by atoms with Gasteiger partial charge in [0, 0.05) is 27.2 Å². The average molecular weight is 381 g/mol. The first-order valence-electron chi connectivity index (χ1n) is 8.58. The molecule has 0 saturated carbocycles. The van der Waals surface area contributed by atoms with Gasteiger partial charge in [-0.05, 0) is 36.3 Å². The summed E-state index contributed by atoms with van der Waals surface area (Å²) in [4.78, 5) is 20.8. The summed E-state index contributed by atoms with van der Waals surface area (Å²) in [5.41, 5.74) is 0.890. The number of benzene rings is 1. The van der Waals surface area contributed by atoms with E-state index in [9.17, 15) is 13.2 Å². The van der Waals surface area contributed by atoms with Crippen LogP contribution in [0.1, 0.15) is 25.7 Å². The summed E-state index contributed by atoms with van der Waals surface area (Å²) in [6, 6.07) is 4.48. The number of fused-ring (bicyclic) bond motifs is 1. The molecule has 1 amide bonds. The van der Waals surface area contributed by atoms with Gasteiger partial charge in [0.05, 0.1) is 4.90 Å². The van der Waals surface area contributed by atoms with Crippen LogP contribution in [-0.4, -0.2) is 72.5 Å². The third-order valence-electron chi connectivity index (χ3n) is 4.43. The van der Waals surface area contributed by atoms with Crippen molar-refractivity contribution in [2.75, 3.05) is 33.8 Å². The van der Waals surface area contributed by atoms with Crippen LogP contribution in [0.25, 0.3) is 11.0 Å². The second-order valence-corrected chi connectivity index (χ2v) is 8.62. The van der Waals surface area contributed by atoms with Crippen LogP contribution in [0.4, 0.5) is 0 Å². The van der Waals surface area contributed by atoms with Crippen molar-refractivity contribution >= 4 is 27.0 Å². The van der Waals surface area contributed by atoms with Gasteiger partial charge in [-0.2, -0.15) is 0 Å². The lowest BCUT2D eigenvalue weighted by Crippen LogP contribution is -2.37. The number of nitrogens with zero attached hydrogens (tertiary/aromatic N) is 5. The molecule has 0 spiro atoms. The van der Waals surface area contributed by atoms with Gasteiger partial charge in [-0.3, -0.25) is 4.79 Å². The molecular weight excluding hydrogens is 358 g/mol. The zero-order valence-electron chi connectivity index (χ0n) is 15.0. The summed E-state index contributed by atoms with van der Waals surface area (Å²) >= 11 is 0. The largest absolute Gasteiger partial charge is 0.385 e. The molecule has 10 heteroatoms. The van der Waals surface area contributed by atoms with Crippen molar-refractivity contribution in [2.24, 2.45) is 0 Å². The molecular formula is C16H23N5O4S. The molecule has 0 unspecified atom stereocenters. The minimum Gasteiger partial charge on any atom is -0.385 e. The van der Waals surface area contributed by atoms with E-state index < -0.39 is 10.0 Å². The monoisotopic (exact) mass is 381 g/mol. The fraction of sp³-hybridized carbons (Fsp3) is 0.562. The summed E-state index contributed by atoms with van der Waals surface area (Å²) in [7, 11) is -0.654. The Kier molecular flexibility index (Phi) is 5.42. The molecule has 2 heterocycles. The Labute approximate surface area is 152 Å². The molecule has 1 saturated heterocycles. The smallest absolute Gasteiger partial charge is 0.263 e. The summed E-state index contributed by atoms with van der Waals surface area (Å²) in [6.07, 6.45) is 4.29. The van der Waals surface area contributed by atoms with Gasteiger partial charge in [0.2, 0.25) is 10.0 Å². The molecule has 1 aliphatic heterocycles. The van der Waals surface area contributed by atoms with E-state index in [-0.39, 0.29) is 17.4 Å². The Morgan fingerprint density at radius 3 is 2.54 bits per heavy atom. The van der Waals surface area contributed by atoms with E-state index in [2.05, 4.69) is 10.3 Å². The molecule has 0 N–H and O–H groups in total. The molecule has 9 nitrogen and oxygen atoms in total. The second kappa shape index (κ2) is 7.58. The number of rotatable bonds is 5. The Hall–Kier alpha value is -2.20. The number of aromatic nitrogens is 3. The van der Waals surface area contributed by atoms with Crippen LogP contribution in [0, 0.1) is 0 Å². The van der Waals surface area contributed by atoms with Gasteiger partial charge >= 0.3 is 0 Å². The molecule has 1 aromatic carbocycles. The van der Waals surface area contributed by atoms with Crippen molar-refractivity contribution in [1.82, 2.24) is 24.4 Å². The number of hydrogen-bond donors (Lipinski definition) is 0. The maximum Gasteiger partial charge on any atom is 0.263 e. The molecule has 1 aromatic heterocycles. The lowest BCUT2D eigenvalue weighted by Gasteiger charge is -2.19. The normalized spacial score (nSPS) is 16.0. The lowest BCUT2D eigenvalue weighted by atomic mass is 10.2. The summed E-state index contributed by atoms with van der Waals surface area (Å²) in [5, 5.41) is 7.81. The van der Waals surface area contributed by atoms with Crippen LogP contribution in [0.2, 0.25) is 0 Å². The number of sulfonamides is 1. The van der Waals surface area contributed by atoms with E-state index >= 15 is 0 Å². The van der Waals surface area contributed by atoms with Crippen LogP contribution in [0.3, 0.4) is 0 Å². The first-order chi connectivity index (χ1) is 12.4. The predicted molar refractivity (Wildman–Crippen MR) is 94.9 cm³/mol. The van der Waals surface area contributed by atoms with Crippen molar-refractivity contribution in [3.63, 3.8) is 0 Å². The van der Waals surface area contributed by atoms with Gasteiger partial charge in [0.15, 0.2) is 6.61 Å². The molecule has 26 heavy (non-hydrogen) atoms. The van der Waals surface area contributed by atoms with Gasteiger partial charge in [-0.15, -0.1) is 5.10 Å². The van der Waals surface area contributed by atoms with Crippen LogP contribution in [0.15, 0.2) is 23.1 Å². The highest BCUT2D eigenvalue weighted by molar-refractivity contribution is 7.89. The van der Waals surface area contributed by atoms with E-state index in [0.717, 1.165) is 47.9 Å². The topological polar surface area (TPSA) is 97.6 Å². The predicted octanol–water partition coefficient (Wildman–Crippen LogP) is 0.513. The van der Waals surface area contributed by atoms with Crippen LogP contribution < -0.4 is 4.84 Å². The summed E-state index contributed by atoms with van der Waals surface area (Å²) in [6.45, 7) is 1.32. The quantitative estimate of drug-likeness (QED) is 0.749. The standard InChI is InChI=1S/C16H23N5O4S/c1-19(2)26(23,24)13-7-8-14-15(11-13)21(18-17-14)25-12-16(22)20-9-5-3-4-6-10-20/h7-8,11H,3-6,9-10,12H2,1-2H3. The van der Waals surface area contributed by atoms with Crippen LogP contribution in [-0.2, 0) is 14.8 Å². The Bertz CT molecular complexity index is 885. The minimum atomic E-state index is -3.58. The summed E-state index contributed by atoms with van der Waals surface area (Å²) in [5.74, 6) is -0.104. The average Bonchev–Trinajstić information content (AvgIpc) is 2.82. The third kappa shape index (κ3) is 3.80. The lowest BCUT2D eigenvalue weighted by molar-refractivity contribution is -0.136. The van der Waals surface area contributed by atoms with Crippen molar-refractivity contribution in [3.05, 3.63) is 18.2 Å². The molecule has 0 radical (unpaired) electrons. The van der Waals surface area contributed by atoms with Gasteiger partial charge in [0.25, 0.3) is 5.91 Å². The van der Waals surface area contributed by atoms with Crippen molar-refractivity contribution in [1.29, 1.82) is 0 Å². The highest BCUT2D eigenvalue weighted by Crippen LogP contribution is 2.19. The van der Waals surface area contributed by atoms with Crippen molar-refractivity contribution in [3.8, 4) is 0 Å².